The molecule has 1 aromatic heterocycles. The lowest BCUT2D eigenvalue weighted by Crippen LogP contribution is -2.42. The minimum Gasteiger partial charge on any atom is -0.302 e. The lowest BCUT2D eigenvalue weighted by molar-refractivity contribution is 0.376. The van der Waals surface area contributed by atoms with Crippen molar-refractivity contribution in [3.63, 3.8) is 0 Å². The van der Waals surface area contributed by atoms with Crippen molar-refractivity contribution in [1.82, 2.24) is 9.97 Å². The monoisotopic (exact) mass is 440 g/mol. The first-order valence-corrected chi connectivity index (χ1v) is 11.7. The molecule has 2 aromatic carbocycles. The van der Waals surface area contributed by atoms with Crippen LogP contribution in [0.15, 0.2) is 96.3 Å². The summed E-state index contributed by atoms with van der Waals surface area (Å²) in [6.07, 6.45) is 12.8. The second-order valence-electron chi connectivity index (χ2n) is 8.99. The number of halogens is 1. The van der Waals surface area contributed by atoms with Crippen LogP contribution in [0.2, 0.25) is 0 Å². The molecule has 2 unspecified atom stereocenters. The second kappa shape index (κ2) is 7.79. The molecule has 4 nitrogen and oxygen atoms in total. The fourth-order valence-corrected chi connectivity index (χ4v) is 5.89. The standard InChI is InChI=1S/C27H25ClN4/c28-15-13-20-8-7-14-27(18-20)19-23(27)26-31(21-9-3-1-4-10-21)24-25(30-17-16-29-24)32(26)22-11-5-2-6-12-22/h1-6,8-13,15-17,23,26H,7,14,18-19H2/b15-13-. The van der Waals surface area contributed by atoms with Gasteiger partial charge in [-0.25, -0.2) is 9.97 Å². The van der Waals surface area contributed by atoms with E-state index in [4.69, 9.17) is 21.6 Å². The van der Waals surface area contributed by atoms with Gasteiger partial charge in [-0.1, -0.05) is 59.6 Å². The van der Waals surface area contributed by atoms with E-state index < -0.39 is 0 Å². The molecule has 1 spiro atoms. The van der Waals surface area contributed by atoms with Crippen molar-refractivity contribution >= 4 is 34.6 Å². The van der Waals surface area contributed by atoms with Crippen LogP contribution in [-0.4, -0.2) is 16.1 Å². The average Bonchev–Trinajstić information content (AvgIpc) is 3.40. The molecule has 0 saturated heterocycles. The molecule has 3 aromatic rings. The van der Waals surface area contributed by atoms with Gasteiger partial charge in [-0.3, -0.25) is 0 Å². The van der Waals surface area contributed by atoms with E-state index in [0.717, 1.165) is 35.9 Å². The van der Waals surface area contributed by atoms with Gasteiger partial charge in [0.15, 0.2) is 11.6 Å². The van der Waals surface area contributed by atoms with Gasteiger partial charge < -0.3 is 9.80 Å². The van der Waals surface area contributed by atoms with Gasteiger partial charge in [0.1, 0.15) is 6.17 Å². The van der Waals surface area contributed by atoms with E-state index in [0.29, 0.717) is 11.3 Å². The molecule has 0 bridgehead atoms. The summed E-state index contributed by atoms with van der Waals surface area (Å²) in [6, 6.07) is 21.2. The van der Waals surface area contributed by atoms with Crippen molar-refractivity contribution < 1.29 is 0 Å². The van der Waals surface area contributed by atoms with Crippen molar-refractivity contribution in [1.29, 1.82) is 0 Å². The normalized spacial score (nSPS) is 24.8. The van der Waals surface area contributed by atoms with Crippen LogP contribution in [0.1, 0.15) is 25.7 Å². The number of hydrogen-bond acceptors (Lipinski definition) is 4. The molecule has 32 heavy (non-hydrogen) atoms. The third kappa shape index (κ3) is 3.13. The Bertz CT molecular complexity index is 1110. The summed E-state index contributed by atoms with van der Waals surface area (Å²) in [5, 5.41) is 0. The maximum Gasteiger partial charge on any atom is 0.178 e. The van der Waals surface area contributed by atoms with Gasteiger partial charge in [0.05, 0.1) is 0 Å². The van der Waals surface area contributed by atoms with Crippen molar-refractivity contribution in [2.45, 2.75) is 31.8 Å². The molecule has 2 aliphatic carbocycles. The first kappa shape index (κ1) is 19.6. The first-order chi connectivity index (χ1) is 15.8. The number of allylic oxidation sites excluding steroid dienone is 3. The molecule has 3 aliphatic rings. The largest absolute Gasteiger partial charge is 0.302 e. The average molecular weight is 441 g/mol. The summed E-state index contributed by atoms with van der Waals surface area (Å²) in [7, 11) is 0. The van der Waals surface area contributed by atoms with E-state index in [1.165, 1.54) is 18.4 Å². The zero-order valence-corrected chi connectivity index (χ0v) is 18.6. The lowest BCUT2D eigenvalue weighted by atomic mass is 9.83. The molecule has 5 heteroatoms. The van der Waals surface area contributed by atoms with E-state index >= 15 is 0 Å². The van der Waals surface area contributed by atoms with Gasteiger partial charge in [-0.05, 0) is 61.4 Å². The molecule has 1 aliphatic heterocycles. The van der Waals surface area contributed by atoms with Crippen LogP contribution >= 0.6 is 11.6 Å². The highest BCUT2D eigenvalue weighted by Gasteiger charge is 2.62. The second-order valence-corrected chi connectivity index (χ2v) is 9.24. The molecular weight excluding hydrogens is 416 g/mol. The van der Waals surface area contributed by atoms with Crippen LogP contribution < -0.4 is 9.80 Å². The molecule has 1 fully saturated rings. The van der Waals surface area contributed by atoms with Crippen LogP contribution in [0.25, 0.3) is 0 Å². The Balaban J connectivity index is 1.47. The smallest absolute Gasteiger partial charge is 0.178 e. The van der Waals surface area contributed by atoms with Crippen molar-refractivity contribution in [3.05, 3.63) is 96.3 Å². The van der Waals surface area contributed by atoms with Crippen LogP contribution in [0.4, 0.5) is 23.0 Å². The molecule has 1 saturated carbocycles. The maximum atomic E-state index is 5.92. The van der Waals surface area contributed by atoms with Gasteiger partial charge >= 0.3 is 0 Å². The Hall–Kier alpha value is -3.11. The van der Waals surface area contributed by atoms with E-state index in [1.807, 2.05) is 0 Å². The Morgan fingerprint density at radius 1 is 0.875 bits per heavy atom. The number of fused-ring (bicyclic) bond motifs is 1. The van der Waals surface area contributed by atoms with Crippen LogP contribution in [0, 0.1) is 11.3 Å². The molecule has 6 rings (SSSR count). The fourth-order valence-electron chi connectivity index (χ4n) is 5.73. The highest BCUT2D eigenvalue weighted by Crippen LogP contribution is 2.66. The lowest BCUT2D eigenvalue weighted by Gasteiger charge is -2.35. The van der Waals surface area contributed by atoms with Gasteiger partial charge in [0, 0.05) is 35.2 Å². The zero-order chi connectivity index (χ0) is 21.5. The summed E-state index contributed by atoms with van der Waals surface area (Å²) in [5.74, 6) is 2.37. The molecule has 0 N–H and O–H groups in total. The Kier molecular flexibility index (Phi) is 4.76. The van der Waals surface area contributed by atoms with Crippen molar-refractivity contribution in [2.75, 3.05) is 9.80 Å². The van der Waals surface area contributed by atoms with Crippen LogP contribution in [0.3, 0.4) is 0 Å². The Morgan fingerprint density at radius 2 is 1.47 bits per heavy atom. The van der Waals surface area contributed by atoms with Crippen LogP contribution in [0.5, 0.6) is 0 Å². The predicted molar refractivity (Wildman–Crippen MR) is 130 cm³/mol. The molecule has 160 valence electrons. The summed E-state index contributed by atoms with van der Waals surface area (Å²) in [4.78, 5) is 14.4. The van der Waals surface area contributed by atoms with Gasteiger partial charge in [-0.2, -0.15) is 0 Å². The highest BCUT2D eigenvalue weighted by atomic mass is 35.5. The van der Waals surface area contributed by atoms with Gasteiger partial charge in [-0.15, -0.1) is 0 Å². The van der Waals surface area contributed by atoms with Gasteiger partial charge in [0.2, 0.25) is 0 Å². The number of anilines is 4. The molecule has 2 atom stereocenters. The van der Waals surface area contributed by atoms with Gasteiger partial charge in [0.25, 0.3) is 0 Å². The predicted octanol–water partition coefficient (Wildman–Crippen LogP) is 6.96. The number of benzene rings is 2. The minimum absolute atomic E-state index is 0.136. The number of para-hydroxylation sites is 2. The Labute approximate surface area is 193 Å². The topological polar surface area (TPSA) is 32.3 Å². The summed E-state index contributed by atoms with van der Waals surface area (Å²) in [6.45, 7) is 0. The van der Waals surface area contributed by atoms with E-state index in [-0.39, 0.29) is 6.17 Å². The summed E-state index contributed by atoms with van der Waals surface area (Å²) >= 11 is 5.92. The molecule has 2 heterocycles. The Morgan fingerprint density at radius 3 is 2.03 bits per heavy atom. The number of nitrogens with zero attached hydrogens (tertiary/aromatic N) is 4. The fraction of sp³-hybridized carbons (Fsp3) is 0.259. The number of rotatable bonds is 4. The molecule has 0 amide bonds. The van der Waals surface area contributed by atoms with Crippen LogP contribution in [-0.2, 0) is 0 Å². The van der Waals surface area contributed by atoms with Crippen molar-refractivity contribution in [3.8, 4) is 0 Å². The van der Waals surface area contributed by atoms with Crippen molar-refractivity contribution in [2.24, 2.45) is 11.3 Å². The first-order valence-electron chi connectivity index (χ1n) is 11.3. The zero-order valence-electron chi connectivity index (χ0n) is 17.8. The van der Waals surface area contributed by atoms with E-state index in [9.17, 15) is 0 Å². The number of hydrogen-bond donors (Lipinski definition) is 0. The third-order valence-electron chi connectivity index (χ3n) is 7.21. The maximum absolute atomic E-state index is 5.92. The highest BCUT2D eigenvalue weighted by molar-refractivity contribution is 6.25. The molecular formula is C27H25ClN4. The van der Waals surface area contributed by atoms with E-state index in [1.54, 1.807) is 17.9 Å². The third-order valence-corrected chi connectivity index (χ3v) is 7.34. The van der Waals surface area contributed by atoms with E-state index in [2.05, 4.69) is 82.6 Å². The number of aromatic nitrogens is 2. The summed E-state index contributed by atoms with van der Waals surface area (Å²) in [5.41, 5.74) is 5.62. The minimum atomic E-state index is 0.136. The SMILES string of the molecule is Cl/C=C\C1=CCCC2(C1)CC2C1N(c2ccccc2)c2nccnc2N1c1ccccc1. The molecule has 0 radical (unpaired) electrons. The summed E-state index contributed by atoms with van der Waals surface area (Å²) < 4.78 is 0. The quantitative estimate of drug-likeness (QED) is 0.438.